The second kappa shape index (κ2) is 7.61. The number of amides is 1. The van der Waals surface area contributed by atoms with Gasteiger partial charge in [0.1, 0.15) is 0 Å². The maximum atomic E-state index is 13.0. The standard InChI is InChI=1S/C19H16F3N3O2/c1-12-6-2-3-7-13(12)18-25-24-17(27-18)11-10-16(26)23-15-9-5-4-8-14(15)19(20,21)22/h2-9H,10-11H2,1H3,(H,23,26). The van der Waals surface area contributed by atoms with E-state index in [2.05, 4.69) is 15.5 Å². The molecule has 1 aromatic heterocycles. The second-order valence-electron chi connectivity index (χ2n) is 5.91. The number of carbonyl (C=O) groups excluding carboxylic acids is 1. The lowest BCUT2D eigenvalue weighted by Crippen LogP contribution is -2.16. The van der Waals surface area contributed by atoms with Crippen LogP contribution in [0.3, 0.4) is 0 Å². The van der Waals surface area contributed by atoms with Gasteiger partial charge in [0.2, 0.25) is 17.7 Å². The lowest BCUT2D eigenvalue weighted by atomic mass is 10.1. The molecule has 0 aliphatic heterocycles. The SMILES string of the molecule is Cc1ccccc1-c1nnc(CCC(=O)Nc2ccccc2C(F)(F)F)o1. The number of hydrogen-bond acceptors (Lipinski definition) is 4. The molecule has 140 valence electrons. The van der Waals surface area contributed by atoms with E-state index in [4.69, 9.17) is 4.42 Å². The largest absolute Gasteiger partial charge is 0.421 e. The lowest BCUT2D eigenvalue weighted by Gasteiger charge is -2.13. The molecule has 2 aromatic carbocycles. The topological polar surface area (TPSA) is 68.0 Å². The molecular weight excluding hydrogens is 359 g/mol. The third kappa shape index (κ3) is 4.52. The van der Waals surface area contributed by atoms with E-state index in [1.54, 1.807) is 0 Å². The van der Waals surface area contributed by atoms with Crippen LogP contribution < -0.4 is 5.32 Å². The summed E-state index contributed by atoms with van der Waals surface area (Å²) in [6, 6.07) is 12.3. The molecule has 0 aliphatic rings. The van der Waals surface area contributed by atoms with Crippen LogP contribution in [0.4, 0.5) is 18.9 Å². The van der Waals surface area contributed by atoms with E-state index in [0.717, 1.165) is 17.2 Å². The molecule has 0 fully saturated rings. The highest BCUT2D eigenvalue weighted by Crippen LogP contribution is 2.34. The first-order valence-corrected chi connectivity index (χ1v) is 8.19. The molecule has 0 saturated carbocycles. The van der Waals surface area contributed by atoms with Gasteiger partial charge in [-0.15, -0.1) is 10.2 Å². The number of benzene rings is 2. The van der Waals surface area contributed by atoms with E-state index < -0.39 is 17.6 Å². The molecule has 0 bridgehead atoms. The van der Waals surface area contributed by atoms with Gasteiger partial charge in [0.25, 0.3) is 0 Å². The van der Waals surface area contributed by atoms with Crippen molar-refractivity contribution in [2.24, 2.45) is 0 Å². The van der Waals surface area contributed by atoms with E-state index in [-0.39, 0.29) is 24.4 Å². The molecule has 0 radical (unpaired) electrons. The van der Waals surface area contributed by atoms with Crippen molar-refractivity contribution in [1.29, 1.82) is 0 Å². The molecule has 0 unspecified atom stereocenters. The first-order chi connectivity index (χ1) is 12.8. The van der Waals surface area contributed by atoms with Crippen LogP contribution in [0.1, 0.15) is 23.4 Å². The minimum absolute atomic E-state index is 0.0817. The second-order valence-corrected chi connectivity index (χ2v) is 5.91. The van der Waals surface area contributed by atoms with Crippen molar-refractivity contribution < 1.29 is 22.4 Å². The summed E-state index contributed by atoms with van der Waals surface area (Å²) in [6.07, 6.45) is -4.50. The highest BCUT2D eigenvalue weighted by Gasteiger charge is 2.33. The number of nitrogens with zero attached hydrogens (tertiary/aromatic N) is 2. The van der Waals surface area contributed by atoms with E-state index in [9.17, 15) is 18.0 Å². The van der Waals surface area contributed by atoms with Crippen molar-refractivity contribution in [2.75, 3.05) is 5.32 Å². The summed E-state index contributed by atoms with van der Waals surface area (Å²) in [6.45, 7) is 1.91. The predicted molar refractivity (Wildman–Crippen MR) is 92.9 cm³/mol. The fraction of sp³-hybridized carbons (Fsp3) is 0.211. The van der Waals surface area contributed by atoms with Crippen LogP contribution in [0.15, 0.2) is 52.9 Å². The molecule has 1 heterocycles. The number of rotatable bonds is 5. The maximum absolute atomic E-state index is 13.0. The van der Waals surface area contributed by atoms with Gasteiger partial charge in [0, 0.05) is 18.4 Å². The van der Waals surface area contributed by atoms with Gasteiger partial charge in [-0.2, -0.15) is 13.2 Å². The summed E-state index contributed by atoms with van der Waals surface area (Å²) in [5.41, 5.74) is 0.591. The monoisotopic (exact) mass is 375 g/mol. The van der Waals surface area contributed by atoms with Crippen LogP contribution >= 0.6 is 0 Å². The Morgan fingerprint density at radius 1 is 1.07 bits per heavy atom. The maximum Gasteiger partial charge on any atom is 0.418 e. The fourth-order valence-electron chi connectivity index (χ4n) is 2.55. The van der Waals surface area contributed by atoms with Gasteiger partial charge in [-0.3, -0.25) is 4.79 Å². The van der Waals surface area contributed by atoms with Crippen molar-refractivity contribution >= 4 is 11.6 Å². The molecule has 27 heavy (non-hydrogen) atoms. The van der Waals surface area contributed by atoms with Crippen LogP contribution in [0.2, 0.25) is 0 Å². The van der Waals surface area contributed by atoms with Crippen molar-refractivity contribution in [3.05, 3.63) is 65.5 Å². The number of nitrogens with one attached hydrogen (secondary N) is 1. The van der Waals surface area contributed by atoms with Gasteiger partial charge < -0.3 is 9.73 Å². The summed E-state index contributed by atoms with van der Waals surface area (Å²) in [7, 11) is 0. The summed E-state index contributed by atoms with van der Waals surface area (Å²) < 4.78 is 44.4. The van der Waals surface area contributed by atoms with Crippen LogP contribution in [0.5, 0.6) is 0 Å². The molecular formula is C19H16F3N3O2. The normalized spacial score (nSPS) is 11.4. The number of aromatic nitrogens is 2. The Hall–Kier alpha value is -3.16. The van der Waals surface area contributed by atoms with Crippen LogP contribution in [0.25, 0.3) is 11.5 Å². The van der Waals surface area contributed by atoms with Crippen molar-refractivity contribution in [3.63, 3.8) is 0 Å². The zero-order chi connectivity index (χ0) is 19.4. The number of carbonyl (C=O) groups is 1. The first-order valence-electron chi connectivity index (χ1n) is 8.19. The Morgan fingerprint density at radius 3 is 2.52 bits per heavy atom. The molecule has 0 atom stereocenters. The van der Waals surface area contributed by atoms with Gasteiger partial charge in [-0.25, -0.2) is 0 Å². The Bertz CT molecular complexity index is 951. The lowest BCUT2D eigenvalue weighted by molar-refractivity contribution is -0.137. The number of alkyl halides is 3. The van der Waals surface area contributed by atoms with Gasteiger partial charge in [0.05, 0.1) is 11.3 Å². The zero-order valence-corrected chi connectivity index (χ0v) is 14.4. The van der Waals surface area contributed by atoms with Gasteiger partial charge in [0.15, 0.2) is 0 Å². The van der Waals surface area contributed by atoms with Gasteiger partial charge >= 0.3 is 6.18 Å². The number of hydrogen-bond donors (Lipinski definition) is 1. The van der Waals surface area contributed by atoms with Gasteiger partial charge in [-0.05, 0) is 30.7 Å². The number of anilines is 1. The van der Waals surface area contributed by atoms with Crippen LogP contribution in [-0.2, 0) is 17.4 Å². The highest BCUT2D eigenvalue weighted by molar-refractivity contribution is 5.91. The van der Waals surface area contributed by atoms with E-state index in [1.165, 1.54) is 18.2 Å². The number of halogens is 3. The van der Waals surface area contributed by atoms with Crippen LogP contribution in [0, 0.1) is 6.92 Å². The van der Waals surface area contributed by atoms with E-state index in [0.29, 0.717) is 5.89 Å². The van der Waals surface area contributed by atoms with Gasteiger partial charge in [-0.1, -0.05) is 30.3 Å². The number of aryl methyl sites for hydroxylation is 2. The summed E-state index contributed by atoms with van der Waals surface area (Å²) in [5.74, 6) is 0.0146. The molecule has 8 heteroatoms. The molecule has 3 aromatic rings. The predicted octanol–water partition coefficient (Wildman–Crippen LogP) is 4.64. The molecule has 0 aliphatic carbocycles. The van der Waals surface area contributed by atoms with Crippen molar-refractivity contribution in [3.8, 4) is 11.5 Å². The Kier molecular flexibility index (Phi) is 5.25. The molecule has 1 amide bonds. The van der Waals surface area contributed by atoms with E-state index >= 15 is 0 Å². The Labute approximate surface area is 153 Å². The average molecular weight is 375 g/mol. The first kappa shape index (κ1) is 18.6. The van der Waals surface area contributed by atoms with E-state index in [1.807, 2.05) is 31.2 Å². The summed E-state index contributed by atoms with van der Waals surface area (Å²) in [4.78, 5) is 12.0. The third-order valence-electron chi connectivity index (χ3n) is 3.91. The molecule has 3 rings (SSSR count). The Morgan fingerprint density at radius 2 is 1.78 bits per heavy atom. The molecule has 0 saturated heterocycles. The number of para-hydroxylation sites is 1. The Balaban J connectivity index is 1.64. The van der Waals surface area contributed by atoms with Crippen LogP contribution in [-0.4, -0.2) is 16.1 Å². The third-order valence-corrected chi connectivity index (χ3v) is 3.91. The quantitative estimate of drug-likeness (QED) is 0.706. The smallest absolute Gasteiger partial charge is 0.418 e. The minimum atomic E-state index is -4.54. The molecule has 1 N–H and O–H groups in total. The summed E-state index contributed by atoms with van der Waals surface area (Å²) >= 11 is 0. The average Bonchev–Trinajstić information content (AvgIpc) is 3.09. The highest BCUT2D eigenvalue weighted by atomic mass is 19.4. The molecule has 0 spiro atoms. The fourth-order valence-corrected chi connectivity index (χ4v) is 2.55. The van der Waals surface area contributed by atoms with Crippen molar-refractivity contribution in [2.45, 2.75) is 25.9 Å². The molecule has 5 nitrogen and oxygen atoms in total. The minimum Gasteiger partial charge on any atom is -0.421 e. The summed E-state index contributed by atoms with van der Waals surface area (Å²) in [5, 5.41) is 10.1. The van der Waals surface area contributed by atoms with Crippen molar-refractivity contribution in [1.82, 2.24) is 10.2 Å². The zero-order valence-electron chi connectivity index (χ0n) is 14.4.